The summed E-state index contributed by atoms with van der Waals surface area (Å²) in [7, 11) is 0. The summed E-state index contributed by atoms with van der Waals surface area (Å²) >= 11 is 4.69. The van der Waals surface area contributed by atoms with Gasteiger partial charge < -0.3 is 0 Å². The Morgan fingerprint density at radius 3 is 2.88 bits per heavy atom. The van der Waals surface area contributed by atoms with Crippen LogP contribution in [0.15, 0.2) is 50.9 Å². The first-order valence-corrected chi connectivity index (χ1v) is 6.35. The maximum absolute atomic E-state index is 13.0. The number of halogens is 2. The van der Waals surface area contributed by atoms with Crippen molar-refractivity contribution in [1.29, 1.82) is 0 Å². The van der Waals surface area contributed by atoms with Crippen LogP contribution in [0.4, 0.5) is 4.39 Å². The van der Waals surface area contributed by atoms with Gasteiger partial charge in [0, 0.05) is 16.7 Å². The van der Waals surface area contributed by atoms with E-state index in [1.165, 1.54) is 23.9 Å². The van der Waals surface area contributed by atoms with Crippen LogP contribution in [0.2, 0.25) is 0 Å². The Morgan fingerprint density at radius 1 is 1.35 bits per heavy atom. The standard InChI is InChI=1S/C12H7BrFNOS/c13-10-2-1-5-15-12(10)17-11-4-3-9(14)6-8(11)7-16/h1-7H. The number of rotatable bonds is 3. The van der Waals surface area contributed by atoms with E-state index < -0.39 is 5.82 Å². The van der Waals surface area contributed by atoms with Crippen LogP contribution in [0, 0.1) is 5.82 Å². The lowest BCUT2D eigenvalue weighted by Gasteiger charge is -2.05. The van der Waals surface area contributed by atoms with Gasteiger partial charge in [-0.15, -0.1) is 0 Å². The number of aldehydes is 1. The molecule has 1 aromatic carbocycles. The molecule has 17 heavy (non-hydrogen) atoms. The largest absolute Gasteiger partial charge is 0.298 e. The molecule has 0 spiro atoms. The van der Waals surface area contributed by atoms with Crippen LogP contribution < -0.4 is 0 Å². The fourth-order valence-corrected chi connectivity index (χ4v) is 2.60. The molecule has 0 unspecified atom stereocenters. The molecule has 0 aliphatic carbocycles. The smallest absolute Gasteiger partial charge is 0.151 e. The summed E-state index contributed by atoms with van der Waals surface area (Å²) in [5.74, 6) is -0.420. The van der Waals surface area contributed by atoms with Crippen LogP contribution in [0.5, 0.6) is 0 Å². The van der Waals surface area contributed by atoms with Crippen molar-refractivity contribution in [2.45, 2.75) is 9.92 Å². The lowest BCUT2D eigenvalue weighted by molar-refractivity contribution is 0.112. The fourth-order valence-electron chi connectivity index (χ4n) is 1.25. The predicted molar refractivity (Wildman–Crippen MR) is 67.8 cm³/mol. The van der Waals surface area contributed by atoms with Crippen molar-refractivity contribution >= 4 is 34.0 Å². The molecule has 5 heteroatoms. The first kappa shape index (κ1) is 12.3. The van der Waals surface area contributed by atoms with Gasteiger partial charge in [-0.05, 0) is 46.3 Å². The molecule has 0 saturated heterocycles. The molecule has 0 fully saturated rings. The molecule has 0 N–H and O–H groups in total. The Kier molecular flexibility index (Phi) is 3.91. The van der Waals surface area contributed by atoms with Gasteiger partial charge in [0.25, 0.3) is 0 Å². The van der Waals surface area contributed by atoms with E-state index in [0.717, 1.165) is 9.50 Å². The van der Waals surface area contributed by atoms with Gasteiger partial charge in [0.05, 0.1) is 4.47 Å². The molecule has 0 bridgehead atoms. The molecular weight excluding hydrogens is 305 g/mol. The van der Waals surface area contributed by atoms with E-state index in [1.54, 1.807) is 18.3 Å². The summed E-state index contributed by atoms with van der Waals surface area (Å²) < 4.78 is 13.8. The number of pyridine rings is 1. The van der Waals surface area contributed by atoms with Crippen molar-refractivity contribution < 1.29 is 9.18 Å². The SMILES string of the molecule is O=Cc1cc(F)ccc1Sc1ncccc1Br. The average molecular weight is 312 g/mol. The van der Waals surface area contributed by atoms with Gasteiger partial charge in [-0.2, -0.15) is 0 Å². The van der Waals surface area contributed by atoms with Crippen LogP contribution >= 0.6 is 27.7 Å². The summed E-state index contributed by atoms with van der Waals surface area (Å²) in [6, 6.07) is 7.78. The molecule has 0 radical (unpaired) electrons. The Hall–Kier alpha value is -1.20. The summed E-state index contributed by atoms with van der Waals surface area (Å²) in [5, 5.41) is 0.738. The molecule has 2 nitrogen and oxygen atoms in total. The Labute approximate surface area is 110 Å². The van der Waals surface area contributed by atoms with Crippen LogP contribution in [-0.2, 0) is 0 Å². The van der Waals surface area contributed by atoms with E-state index in [2.05, 4.69) is 20.9 Å². The lowest BCUT2D eigenvalue weighted by Crippen LogP contribution is -1.88. The number of nitrogens with zero attached hydrogens (tertiary/aromatic N) is 1. The second-order valence-corrected chi connectivity index (χ2v) is 5.08. The third-order valence-electron chi connectivity index (χ3n) is 2.03. The van der Waals surface area contributed by atoms with Gasteiger partial charge >= 0.3 is 0 Å². The van der Waals surface area contributed by atoms with Crippen LogP contribution in [0.1, 0.15) is 10.4 Å². The topological polar surface area (TPSA) is 30.0 Å². The average Bonchev–Trinajstić information content (AvgIpc) is 2.34. The normalized spacial score (nSPS) is 10.2. The molecule has 2 rings (SSSR count). The zero-order valence-corrected chi connectivity index (χ0v) is 11.0. The van der Waals surface area contributed by atoms with Gasteiger partial charge in [-0.25, -0.2) is 9.37 Å². The van der Waals surface area contributed by atoms with Crippen molar-refractivity contribution in [3.05, 3.63) is 52.4 Å². The minimum Gasteiger partial charge on any atom is -0.298 e. The number of carbonyl (C=O) groups is 1. The summed E-state index contributed by atoms with van der Waals surface area (Å²) in [5.41, 5.74) is 0.326. The van der Waals surface area contributed by atoms with Crippen LogP contribution in [0.3, 0.4) is 0 Å². The van der Waals surface area contributed by atoms with Crippen molar-refractivity contribution in [3.63, 3.8) is 0 Å². The highest BCUT2D eigenvalue weighted by atomic mass is 79.9. The third kappa shape index (κ3) is 2.92. The number of carbonyl (C=O) groups excluding carboxylic acids is 1. The van der Waals surface area contributed by atoms with E-state index in [-0.39, 0.29) is 0 Å². The second-order valence-electron chi connectivity index (χ2n) is 3.19. The number of benzene rings is 1. The molecule has 0 saturated carbocycles. The second kappa shape index (κ2) is 5.42. The fraction of sp³-hybridized carbons (Fsp3) is 0. The minimum atomic E-state index is -0.420. The number of hydrogen-bond acceptors (Lipinski definition) is 3. The predicted octanol–water partition coefficient (Wildman–Crippen LogP) is 3.95. The van der Waals surface area contributed by atoms with Gasteiger partial charge in [0.15, 0.2) is 6.29 Å². The summed E-state index contributed by atoms with van der Waals surface area (Å²) in [6.45, 7) is 0. The Morgan fingerprint density at radius 2 is 2.18 bits per heavy atom. The molecule has 1 heterocycles. The highest BCUT2D eigenvalue weighted by molar-refractivity contribution is 9.10. The van der Waals surface area contributed by atoms with Crippen LogP contribution in [-0.4, -0.2) is 11.3 Å². The van der Waals surface area contributed by atoms with Crippen LogP contribution in [0.25, 0.3) is 0 Å². The van der Waals surface area contributed by atoms with Crippen molar-refractivity contribution in [2.75, 3.05) is 0 Å². The maximum Gasteiger partial charge on any atom is 0.151 e. The van der Waals surface area contributed by atoms with Gasteiger partial charge in [-0.1, -0.05) is 11.8 Å². The monoisotopic (exact) mass is 311 g/mol. The van der Waals surface area contributed by atoms with Gasteiger partial charge in [0.1, 0.15) is 10.8 Å². The Balaban J connectivity index is 2.36. The molecule has 0 aliphatic rings. The van der Waals surface area contributed by atoms with E-state index in [1.807, 2.05) is 6.07 Å². The third-order valence-corrected chi connectivity index (χ3v) is 4.04. The van der Waals surface area contributed by atoms with Gasteiger partial charge in [0.2, 0.25) is 0 Å². The van der Waals surface area contributed by atoms with Crippen molar-refractivity contribution in [3.8, 4) is 0 Å². The first-order chi connectivity index (χ1) is 8.20. The zero-order valence-electron chi connectivity index (χ0n) is 8.56. The number of aromatic nitrogens is 1. The van der Waals surface area contributed by atoms with E-state index in [9.17, 15) is 9.18 Å². The van der Waals surface area contributed by atoms with E-state index >= 15 is 0 Å². The molecule has 0 atom stereocenters. The Bertz CT molecular complexity index is 562. The first-order valence-electron chi connectivity index (χ1n) is 4.74. The summed E-state index contributed by atoms with van der Waals surface area (Å²) in [4.78, 5) is 15.7. The van der Waals surface area contributed by atoms with Gasteiger partial charge in [-0.3, -0.25) is 4.79 Å². The molecule has 1 aromatic heterocycles. The zero-order chi connectivity index (χ0) is 12.3. The van der Waals surface area contributed by atoms with E-state index in [0.29, 0.717) is 16.7 Å². The van der Waals surface area contributed by atoms with Crippen molar-refractivity contribution in [1.82, 2.24) is 4.98 Å². The number of hydrogen-bond donors (Lipinski definition) is 0. The summed E-state index contributed by atoms with van der Waals surface area (Å²) in [6.07, 6.45) is 2.31. The molecule has 2 aromatic rings. The molecule has 86 valence electrons. The highest BCUT2D eigenvalue weighted by Crippen LogP contribution is 2.33. The molecule has 0 amide bonds. The highest BCUT2D eigenvalue weighted by Gasteiger charge is 2.08. The maximum atomic E-state index is 13.0. The minimum absolute atomic E-state index is 0.326. The molecule has 0 aliphatic heterocycles. The quantitative estimate of drug-likeness (QED) is 0.804. The van der Waals surface area contributed by atoms with Crippen molar-refractivity contribution in [2.24, 2.45) is 0 Å². The lowest BCUT2D eigenvalue weighted by atomic mass is 10.2. The van der Waals surface area contributed by atoms with E-state index in [4.69, 9.17) is 0 Å². The molecular formula is C12H7BrFNOS.